The molecule has 0 saturated carbocycles. The van der Waals surface area contributed by atoms with Gasteiger partial charge in [-0.1, -0.05) is 0 Å². The predicted molar refractivity (Wildman–Crippen MR) is 45.2 cm³/mol. The van der Waals surface area contributed by atoms with Crippen molar-refractivity contribution in [2.24, 2.45) is 0 Å². The van der Waals surface area contributed by atoms with E-state index in [0.29, 0.717) is 19.3 Å². The highest BCUT2D eigenvalue weighted by Gasteiger charge is 2.16. The van der Waals surface area contributed by atoms with Crippen LogP contribution in [0.15, 0.2) is 6.33 Å². The molecule has 0 aliphatic rings. The Bertz CT molecular complexity index is 290. The maximum absolute atomic E-state index is 13.1. The average molecular weight is 185 g/mol. The van der Waals surface area contributed by atoms with E-state index in [2.05, 4.69) is 10.1 Å². The molecule has 0 unspecified atom stereocenters. The van der Waals surface area contributed by atoms with Crippen LogP contribution in [-0.2, 0) is 6.54 Å². The zero-order chi connectivity index (χ0) is 9.90. The van der Waals surface area contributed by atoms with Crippen LogP contribution in [-0.4, -0.2) is 26.7 Å². The fraction of sp³-hybridized carbons (Fsp3) is 0.625. The molecular formula is C8H12FN3O. The molecule has 0 fully saturated rings. The standard InChI is InChI=1S/C8H12FN3O/c1-8(2,9)3-4-12-7(5-13)10-6-11-12/h5-6H,3-4H2,1-2H3. The molecule has 1 aromatic heterocycles. The predicted octanol–water partition coefficient (Wildman–Crippen LogP) is 1.23. The van der Waals surface area contributed by atoms with Gasteiger partial charge in [0.05, 0.1) is 0 Å². The minimum absolute atomic E-state index is 0.240. The van der Waals surface area contributed by atoms with Crippen LogP contribution in [0.25, 0.3) is 0 Å². The van der Waals surface area contributed by atoms with Gasteiger partial charge in [0.1, 0.15) is 12.0 Å². The summed E-state index contributed by atoms with van der Waals surface area (Å²) in [7, 11) is 0. The molecule has 0 amide bonds. The smallest absolute Gasteiger partial charge is 0.191 e. The minimum Gasteiger partial charge on any atom is -0.294 e. The molecule has 0 bridgehead atoms. The van der Waals surface area contributed by atoms with E-state index in [4.69, 9.17) is 0 Å². The van der Waals surface area contributed by atoms with Crippen LogP contribution in [0.1, 0.15) is 30.9 Å². The molecule has 0 aliphatic carbocycles. The number of carbonyl (C=O) groups is 1. The lowest BCUT2D eigenvalue weighted by atomic mass is 10.1. The summed E-state index contributed by atoms with van der Waals surface area (Å²) in [6.45, 7) is 3.35. The first-order valence-electron chi connectivity index (χ1n) is 4.05. The number of carbonyl (C=O) groups excluding carboxylic acids is 1. The van der Waals surface area contributed by atoms with Gasteiger partial charge < -0.3 is 0 Å². The Balaban J connectivity index is 2.59. The Kier molecular flexibility index (Phi) is 2.75. The molecule has 1 rings (SSSR count). The van der Waals surface area contributed by atoms with E-state index in [-0.39, 0.29) is 5.82 Å². The zero-order valence-electron chi connectivity index (χ0n) is 7.70. The lowest BCUT2D eigenvalue weighted by molar-refractivity contribution is 0.110. The van der Waals surface area contributed by atoms with E-state index < -0.39 is 5.67 Å². The Morgan fingerprint density at radius 3 is 2.92 bits per heavy atom. The number of alkyl halides is 1. The van der Waals surface area contributed by atoms with Crippen molar-refractivity contribution in [1.29, 1.82) is 0 Å². The third kappa shape index (κ3) is 2.93. The summed E-state index contributed by atoms with van der Waals surface area (Å²) in [6, 6.07) is 0. The first-order valence-corrected chi connectivity index (χ1v) is 4.05. The van der Waals surface area contributed by atoms with Crippen LogP contribution in [0.4, 0.5) is 4.39 Å². The molecule has 0 N–H and O–H groups in total. The fourth-order valence-corrected chi connectivity index (χ4v) is 0.908. The van der Waals surface area contributed by atoms with Crippen LogP contribution in [0, 0.1) is 0 Å². The van der Waals surface area contributed by atoms with E-state index >= 15 is 0 Å². The number of hydrogen-bond acceptors (Lipinski definition) is 3. The van der Waals surface area contributed by atoms with Crippen molar-refractivity contribution in [2.75, 3.05) is 0 Å². The number of nitrogens with zero attached hydrogens (tertiary/aromatic N) is 3. The molecule has 13 heavy (non-hydrogen) atoms. The second-order valence-electron chi connectivity index (χ2n) is 3.43. The van der Waals surface area contributed by atoms with Gasteiger partial charge in [-0.2, -0.15) is 5.10 Å². The largest absolute Gasteiger partial charge is 0.294 e. The Hall–Kier alpha value is -1.26. The van der Waals surface area contributed by atoms with Crippen molar-refractivity contribution in [3.05, 3.63) is 12.2 Å². The van der Waals surface area contributed by atoms with E-state index in [1.165, 1.54) is 24.9 Å². The monoisotopic (exact) mass is 185 g/mol. The molecule has 72 valence electrons. The fourth-order valence-electron chi connectivity index (χ4n) is 0.908. The van der Waals surface area contributed by atoms with Crippen molar-refractivity contribution in [2.45, 2.75) is 32.5 Å². The summed E-state index contributed by atoms with van der Waals surface area (Å²) >= 11 is 0. The maximum atomic E-state index is 13.1. The van der Waals surface area contributed by atoms with Gasteiger partial charge in [0.2, 0.25) is 0 Å². The quantitative estimate of drug-likeness (QED) is 0.663. The highest BCUT2D eigenvalue weighted by Crippen LogP contribution is 2.14. The van der Waals surface area contributed by atoms with Crippen molar-refractivity contribution in [3.8, 4) is 0 Å². The molecule has 1 heterocycles. The Morgan fingerprint density at radius 1 is 1.69 bits per heavy atom. The van der Waals surface area contributed by atoms with Gasteiger partial charge in [-0.25, -0.2) is 14.1 Å². The van der Waals surface area contributed by atoms with Gasteiger partial charge in [-0.05, 0) is 13.8 Å². The molecule has 0 saturated heterocycles. The Labute approximate surface area is 75.8 Å². The SMILES string of the molecule is CC(C)(F)CCn1ncnc1C=O. The van der Waals surface area contributed by atoms with Crippen molar-refractivity contribution >= 4 is 6.29 Å². The topological polar surface area (TPSA) is 47.8 Å². The molecule has 0 spiro atoms. The number of halogens is 1. The zero-order valence-corrected chi connectivity index (χ0v) is 7.70. The summed E-state index contributed by atoms with van der Waals surface area (Å²) in [6.07, 6.45) is 2.21. The summed E-state index contributed by atoms with van der Waals surface area (Å²) < 4.78 is 14.5. The normalized spacial score (nSPS) is 11.6. The lowest BCUT2D eigenvalue weighted by Crippen LogP contribution is -2.17. The second-order valence-corrected chi connectivity index (χ2v) is 3.43. The van der Waals surface area contributed by atoms with Gasteiger partial charge in [0.25, 0.3) is 0 Å². The highest BCUT2D eigenvalue weighted by molar-refractivity contribution is 5.68. The number of hydrogen-bond donors (Lipinski definition) is 0. The number of aromatic nitrogens is 3. The second kappa shape index (κ2) is 3.64. The van der Waals surface area contributed by atoms with Crippen LogP contribution in [0.2, 0.25) is 0 Å². The van der Waals surface area contributed by atoms with Crippen LogP contribution >= 0.6 is 0 Å². The third-order valence-corrected chi connectivity index (χ3v) is 1.67. The molecule has 0 aromatic carbocycles. The van der Waals surface area contributed by atoms with E-state index in [0.717, 1.165) is 0 Å². The number of rotatable bonds is 4. The maximum Gasteiger partial charge on any atom is 0.191 e. The van der Waals surface area contributed by atoms with Crippen LogP contribution in [0.5, 0.6) is 0 Å². The summed E-state index contributed by atoms with van der Waals surface area (Å²) in [5.41, 5.74) is -1.24. The van der Waals surface area contributed by atoms with Crippen molar-refractivity contribution in [1.82, 2.24) is 14.8 Å². The van der Waals surface area contributed by atoms with Crippen molar-refractivity contribution in [3.63, 3.8) is 0 Å². The molecule has 0 aliphatic heterocycles. The van der Waals surface area contributed by atoms with E-state index in [1.807, 2.05) is 0 Å². The highest BCUT2D eigenvalue weighted by atomic mass is 19.1. The molecular weight excluding hydrogens is 173 g/mol. The summed E-state index contributed by atoms with van der Waals surface area (Å²) in [5, 5.41) is 3.80. The van der Waals surface area contributed by atoms with Gasteiger partial charge in [-0.3, -0.25) is 4.79 Å². The van der Waals surface area contributed by atoms with Crippen LogP contribution in [0.3, 0.4) is 0 Å². The van der Waals surface area contributed by atoms with E-state index in [1.54, 1.807) is 0 Å². The lowest BCUT2D eigenvalue weighted by Gasteiger charge is -2.13. The molecule has 1 aromatic rings. The molecule has 5 heteroatoms. The molecule has 0 atom stereocenters. The van der Waals surface area contributed by atoms with Crippen molar-refractivity contribution < 1.29 is 9.18 Å². The van der Waals surface area contributed by atoms with E-state index in [9.17, 15) is 9.18 Å². The van der Waals surface area contributed by atoms with Gasteiger partial charge >= 0.3 is 0 Å². The van der Waals surface area contributed by atoms with Crippen LogP contribution < -0.4 is 0 Å². The first kappa shape index (κ1) is 9.83. The average Bonchev–Trinajstić information content (AvgIpc) is 2.46. The van der Waals surface area contributed by atoms with Gasteiger partial charge in [0, 0.05) is 13.0 Å². The van der Waals surface area contributed by atoms with Gasteiger partial charge in [-0.15, -0.1) is 0 Å². The minimum atomic E-state index is -1.24. The van der Waals surface area contributed by atoms with Gasteiger partial charge in [0.15, 0.2) is 12.1 Å². The summed E-state index contributed by atoms with van der Waals surface area (Å²) in [5.74, 6) is 0.240. The Morgan fingerprint density at radius 2 is 2.38 bits per heavy atom. The third-order valence-electron chi connectivity index (χ3n) is 1.67. The molecule has 4 nitrogen and oxygen atoms in total. The summed E-state index contributed by atoms with van der Waals surface area (Å²) in [4.78, 5) is 14.1. The molecule has 0 radical (unpaired) electrons. The first-order chi connectivity index (χ1) is 6.03. The number of aryl methyl sites for hydroxylation is 1. The number of aldehydes is 1.